The van der Waals surface area contributed by atoms with E-state index in [0.717, 1.165) is 4.31 Å². The zero-order valence-corrected chi connectivity index (χ0v) is 20.9. The molecule has 2 amide bonds. The first-order chi connectivity index (χ1) is 16.1. The lowest BCUT2D eigenvalue weighted by atomic mass is 10.0. The number of carbonyl (C=O) groups is 2. The number of ether oxygens (including phenoxy) is 1. The molecule has 8 nitrogen and oxygen atoms in total. The first-order valence-corrected chi connectivity index (χ1v) is 12.9. The number of rotatable bonds is 9. The van der Waals surface area contributed by atoms with Crippen molar-refractivity contribution in [3.63, 3.8) is 0 Å². The van der Waals surface area contributed by atoms with Crippen LogP contribution < -0.4 is 5.73 Å². The Morgan fingerprint density at radius 1 is 1.06 bits per heavy atom. The van der Waals surface area contributed by atoms with E-state index in [1.165, 1.54) is 24.3 Å². The van der Waals surface area contributed by atoms with Crippen molar-refractivity contribution in [1.82, 2.24) is 9.21 Å². The van der Waals surface area contributed by atoms with Gasteiger partial charge in [0.15, 0.2) is 0 Å². The molecule has 1 aliphatic rings. The summed E-state index contributed by atoms with van der Waals surface area (Å²) in [5.41, 5.74) is 6.79. The molecule has 34 heavy (non-hydrogen) atoms. The molecule has 2 aromatic rings. The van der Waals surface area contributed by atoms with Crippen molar-refractivity contribution in [1.29, 1.82) is 0 Å². The third kappa shape index (κ3) is 6.35. The Labute approximate surface area is 205 Å². The summed E-state index contributed by atoms with van der Waals surface area (Å²) in [5.74, 6) is -0.783. The Balaban J connectivity index is 1.91. The van der Waals surface area contributed by atoms with Crippen LogP contribution in [0, 0.1) is 5.92 Å². The number of amides is 2. The molecule has 184 valence electrons. The summed E-state index contributed by atoms with van der Waals surface area (Å²) < 4.78 is 33.5. The second kappa shape index (κ2) is 11.3. The van der Waals surface area contributed by atoms with Gasteiger partial charge in [0.25, 0.3) is 5.91 Å². The second-order valence-corrected chi connectivity index (χ2v) is 11.0. The van der Waals surface area contributed by atoms with Crippen LogP contribution in [-0.2, 0) is 26.1 Å². The van der Waals surface area contributed by atoms with Crippen molar-refractivity contribution < 1.29 is 22.7 Å². The van der Waals surface area contributed by atoms with Crippen LogP contribution in [0.2, 0.25) is 5.02 Å². The topological polar surface area (TPSA) is 110 Å². The Bertz CT molecular complexity index is 1100. The second-order valence-electron chi connectivity index (χ2n) is 8.65. The molecule has 0 radical (unpaired) electrons. The summed E-state index contributed by atoms with van der Waals surface area (Å²) in [4.78, 5) is 26.8. The van der Waals surface area contributed by atoms with Gasteiger partial charge in [0.05, 0.1) is 18.1 Å². The van der Waals surface area contributed by atoms with E-state index in [2.05, 4.69) is 0 Å². The molecule has 1 atom stereocenters. The highest BCUT2D eigenvalue weighted by Crippen LogP contribution is 2.26. The molecule has 2 aromatic carbocycles. The van der Waals surface area contributed by atoms with E-state index in [0.29, 0.717) is 42.5 Å². The lowest BCUT2D eigenvalue weighted by Gasteiger charge is -2.30. The smallest absolute Gasteiger partial charge is 0.254 e. The summed E-state index contributed by atoms with van der Waals surface area (Å²) in [5, 5.41) is 0.402. The normalized spacial score (nSPS) is 15.5. The van der Waals surface area contributed by atoms with Crippen LogP contribution in [0.4, 0.5) is 0 Å². The summed E-state index contributed by atoms with van der Waals surface area (Å²) >= 11 is 5.93. The minimum Gasteiger partial charge on any atom is -0.378 e. The molecular formula is C24H30ClN3O5S. The van der Waals surface area contributed by atoms with Crippen LogP contribution in [0.5, 0.6) is 0 Å². The molecule has 3 rings (SSSR count). The third-order valence-corrected chi connectivity index (χ3v) is 7.75. The molecule has 2 N–H and O–H groups in total. The average molecular weight is 508 g/mol. The van der Waals surface area contributed by atoms with E-state index < -0.39 is 22.0 Å². The van der Waals surface area contributed by atoms with E-state index in [1.807, 2.05) is 13.8 Å². The summed E-state index contributed by atoms with van der Waals surface area (Å²) in [6.45, 7) is 5.80. The maximum atomic E-state index is 13.6. The van der Waals surface area contributed by atoms with Crippen molar-refractivity contribution in [3.8, 4) is 0 Å². The highest BCUT2D eigenvalue weighted by atomic mass is 35.5. The number of sulfonamides is 1. The number of halogens is 1. The lowest BCUT2D eigenvalue weighted by Crippen LogP contribution is -2.48. The van der Waals surface area contributed by atoms with Gasteiger partial charge >= 0.3 is 0 Å². The molecule has 10 heteroatoms. The van der Waals surface area contributed by atoms with Crippen LogP contribution in [0.3, 0.4) is 0 Å². The predicted octanol–water partition coefficient (Wildman–Crippen LogP) is 2.90. The fourth-order valence-electron chi connectivity index (χ4n) is 3.81. The molecule has 0 unspecified atom stereocenters. The monoisotopic (exact) mass is 507 g/mol. The van der Waals surface area contributed by atoms with E-state index >= 15 is 0 Å². The average Bonchev–Trinajstić information content (AvgIpc) is 2.81. The Morgan fingerprint density at radius 2 is 1.65 bits per heavy atom. The molecule has 0 saturated carbocycles. The summed E-state index contributed by atoms with van der Waals surface area (Å²) in [6.07, 6.45) is 0.274. The van der Waals surface area contributed by atoms with Crippen LogP contribution in [0.25, 0.3) is 0 Å². The fourth-order valence-corrected chi connectivity index (χ4v) is 5.53. The van der Waals surface area contributed by atoms with Gasteiger partial charge in [0, 0.05) is 30.2 Å². The predicted molar refractivity (Wildman–Crippen MR) is 130 cm³/mol. The van der Waals surface area contributed by atoms with Crippen molar-refractivity contribution in [2.24, 2.45) is 11.7 Å². The van der Waals surface area contributed by atoms with Gasteiger partial charge in [-0.3, -0.25) is 9.59 Å². The minimum atomic E-state index is -4.06. The zero-order chi connectivity index (χ0) is 24.9. The minimum absolute atomic E-state index is 0.0195. The van der Waals surface area contributed by atoms with E-state index in [9.17, 15) is 18.0 Å². The zero-order valence-electron chi connectivity index (χ0n) is 19.3. The molecule has 0 bridgehead atoms. The molecule has 0 aromatic heterocycles. The van der Waals surface area contributed by atoms with Crippen molar-refractivity contribution >= 4 is 33.4 Å². The number of carbonyl (C=O) groups excluding carboxylic acids is 2. The van der Waals surface area contributed by atoms with Crippen molar-refractivity contribution in [2.75, 3.05) is 26.3 Å². The highest BCUT2D eigenvalue weighted by Gasteiger charge is 2.35. The Hall–Kier alpha value is -2.46. The quantitative estimate of drug-likeness (QED) is 0.561. The van der Waals surface area contributed by atoms with Gasteiger partial charge in [-0.2, -0.15) is 4.31 Å². The van der Waals surface area contributed by atoms with Crippen molar-refractivity contribution in [3.05, 3.63) is 64.7 Å². The SMILES string of the molecule is CC(C)C[C@@H](C(N)=O)N(Cc1ccc(C(=O)N2CCOCC2)cc1)S(=O)(=O)c1ccc(Cl)cc1. The first kappa shape index (κ1) is 26.2. The number of hydrogen-bond donors (Lipinski definition) is 1. The number of morpholine rings is 1. The van der Waals surface area contributed by atoms with Crippen LogP contribution in [0.1, 0.15) is 36.2 Å². The van der Waals surface area contributed by atoms with Gasteiger partial charge in [-0.25, -0.2) is 8.42 Å². The molecule has 1 aliphatic heterocycles. The van der Waals surface area contributed by atoms with Crippen LogP contribution in [0.15, 0.2) is 53.4 Å². The highest BCUT2D eigenvalue weighted by molar-refractivity contribution is 7.89. The molecule has 1 heterocycles. The van der Waals surface area contributed by atoms with Crippen LogP contribution >= 0.6 is 11.6 Å². The van der Waals surface area contributed by atoms with Gasteiger partial charge in [0.2, 0.25) is 15.9 Å². The van der Waals surface area contributed by atoms with Crippen LogP contribution in [-0.4, -0.2) is 61.8 Å². The maximum Gasteiger partial charge on any atom is 0.254 e. The lowest BCUT2D eigenvalue weighted by molar-refractivity contribution is -0.122. The maximum absolute atomic E-state index is 13.6. The molecule has 1 fully saturated rings. The molecule has 1 saturated heterocycles. The molecular weight excluding hydrogens is 478 g/mol. The summed E-state index contributed by atoms with van der Waals surface area (Å²) in [7, 11) is -4.06. The van der Waals surface area contributed by atoms with E-state index in [-0.39, 0.29) is 29.7 Å². The van der Waals surface area contributed by atoms with Crippen molar-refractivity contribution in [2.45, 2.75) is 37.8 Å². The first-order valence-electron chi connectivity index (χ1n) is 11.1. The van der Waals surface area contributed by atoms with Gasteiger partial charge in [-0.05, 0) is 54.3 Å². The largest absolute Gasteiger partial charge is 0.378 e. The van der Waals surface area contributed by atoms with Gasteiger partial charge in [-0.1, -0.05) is 37.6 Å². The third-order valence-electron chi connectivity index (χ3n) is 5.63. The molecule has 0 spiro atoms. The van der Waals surface area contributed by atoms with E-state index in [4.69, 9.17) is 22.1 Å². The van der Waals surface area contributed by atoms with Gasteiger partial charge < -0.3 is 15.4 Å². The Kier molecular flexibility index (Phi) is 8.70. The van der Waals surface area contributed by atoms with Gasteiger partial charge in [0.1, 0.15) is 6.04 Å². The van der Waals surface area contributed by atoms with Gasteiger partial charge in [-0.15, -0.1) is 0 Å². The number of hydrogen-bond acceptors (Lipinski definition) is 5. The summed E-state index contributed by atoms with van der Waals surface area (Å²) in [6, 6.07) is 11.5. The number of nitrogens with zero attached hydrogens (tertiary/aromatic N) is 2. The number of benzene rings is 2. The number of primary amides is 1. The Morgan fingerprint density at radius 3 is 2.18 bits per heavy atom. The fraction of sp³-hybridized carbons (Fsp3) is 0.417. The number of nitrogens with two attached hydrogens (primary N) is 1. The van der Waals surface area contributed by atoms with E-state index in [1.54, 1.807) is 29.2 Å². The standard InChI is InChI=1S/C24H30ClN3O5S/c1-17(2)15-22(23(26)29)28(34(31,32)21-9-7-20(25)8-10-21)16-18-3-5-19(6-4-18)24(30)27-11-13-33-14-12-27/h3-10,17,22H,11-16H2,1-2H3,(H2,26,29)/t22-/m0/s1. The molecule has 0 aliphatic carbocycles.